The molecule has 0 atom stereocenters. The molecule has 1 aliphatic heterocycles. The van der Waals surface area contributed by atoms with Crippen molar-refractivity contribution in [3.8, 4) is 0 Å². The van der Waals surface area contributed by atoms with Crippen molar-refractivity contribution in [1.29, 1.82) is 0 Å². The quantitative estimate of drug-likeness (QED) is 0.668. The highest BCUT2D eigenvalue weighted by Crippen LogP contribution is 2.23. The molecule has 0 unspecified atom stereocenters. The van der Waals surface area contributed by atoms with Crippen molar-refractivity contribution in [3.05, 3.63) is 47.5 Å². The highest BCUT2D eigenvalue weighted by Gasteiger charge is 2.25. The van der Waals surface area contributed by atoms with Gasteiger partial charge in [-0.05, 0) is 37.0 Å². The number of aryl methyl sites for hydroxylation is 1. The molecule has 0 saturated carbocycles. The van der Waals surface area contributed by atoms with Crippen molar-refractivity contribution in [2.75, 3.05) is 19.6 Å². The average Bonchev–Trinajstić information content (AvgIpc) is 3.37. The summed E-state index contributed by atoms with van der Waals surface area (Å²) in [5.74, 6) is -0.400. The third-order valence-corrected chi connectivity index (χ3v) is 5.37. The van der Waals surface area contributed by atoms with Crippen LogP contribution in [0.2, 0.25) is 0 Å². The molecule has 2 N–H and O–H groups in total. The molecule has 0 aliphatic carbocycles. The Morgan fingerprint density at radius 3 is 2.70 bits per heavy atom. The molecule has 4 rings (SSSR count). The third kappa shape index (κ3) is 4.17. The number of alkyl halides is 2. The minimum Gasteiger partial charge on any atom is -0.352 e. The number of fused-ring (bicyclic) bond motifs is 1. The molecule has 0 radical (unpaired) electrons. The number of rotatable bonds is 5. The van der Waals surface area contributed by atoms with E-state index < -0.39 is 12.2 Å². The number of carbonyl (C=O) groups is 2. The number of amides is 2. The smallest absolute Gasteiger partial charge is 0.295 e. The summed E-state index contributed by atoms with van der Waals surface area (Å²) in [6, 6.07) is 4.75. The van der Waals surface area contributed by atoms with E-state index in [-0.39, 0.29) is 11.8 Å². The fraction of sp³-hybridized carbons (Fsp3) is 0.400. The highest BCUT2D eigenvalue weighted by molar-refractivity contribution is 5.97. The number of aromatic nitrogens is 4. The Bertz CT molecular complexity index is 1070. The SMILES string of the molecule is Cn1cc(C(=O)NCC2CCN(C(=O)c3ccc4nc(C(F)F)[nH]c4c3)CC2)cn1. The molecular weight excluding hydrogens is 394 g/mol. The second kappa shape index (κ2) is 8.21. The number of hydrogen-bond acceptors (Lipinski definition) is 4. The van der Waals surface area contributed by atoms with E-state index in [9.17, 15) is 18.4 Å². The Hall–Kier alpha value is -3.30. The minimum atomic E-state index is -2.69. The number of piperidine rings is 1. The van der Waals surface area contributed by atoms with Gasteiger partial charge in [0.2, 0.25) is 0 Å². The maximum absolute atomic E-state index is 12.8. The van der Waals surface area contributed by atoms with Crippen LogP contribution in [0.1, 0.15) is 45.8 Å². The molecule has 3 aromatic rings. The lowest BCUT2D eigenvalue weighted by Crippen LogP contribution is -2.41. The molecule has 0 bridgehead atoms. The van der Waals surface area contributed by atoms with Crippen LogP contribution in [-0.2, 0) is 7.05 Å². The zero-order chi connectivity index (χ0) is 21.3. The van der Waals surface area contributed by atoms with Crippen LogP contribution in [0, 0.1) is 5.92 Å². The predicted octanol–water partition coefficient (Wildman–Crippen LogP) is 2.52. The van der Waals surface area contributed by atoms with Crippen LogP contribution in [0.5, 0.6) is 0 Å². The lowest BCUT2D eigenvalue weighted by atomic mass is 9.96. The van der Waals surface area contributed by atoms with Crippen LogP contribution in [0.15, 0.2) is 30.6 Å². The standard InChI is InChI=1S/C20H22F2N6O2/c1-27-11-14(10-24-27)19(29)23-9-12-4-6-28(7-5-12)20(30)13-2-3-15-16(8-13)26-18(25-15)17(21)22/h2-3,8,10-12,17H,4-7,9H2,1H3,(H,23,29)(H,25,26). The molecule has 10 heteroatoms. The molecule has 2 amide bonds. The van der Waals surface area contributed by atoms with Gasteiger partial charge < -0.3 is 15.2 Å². The minimum absolute atomic E-state index is 0.136. The second-order valence-electron chi connectivity index (χ2n) is 7.50. The van der Waals surface area contributed by atoms with Crippen molar-refractivity contribution in [3.63, 3.8) is 0 Å². The lowest BCUT2D eigenvalue weighted by molar-refractivity contribution is 0.0684. The number of halogens is 2. The molecule has 3 heterocycles. The molecule has 158 valence electrons. The number of likely N-dealkylation sites (tertiary alicyclic amines) is 1. The summed E-state index contributed by atoms with van der Waals surface area (Å²) < 4.78 is 27.2. The Morgan fingerprint density at radius 1 is 1.27 bits per heavy atom. The number of nitrogens with one attached hydrogen (secondary N) is 2. The monoisotopic (exact) mass is 416 g/mol. The van der Waals surface area contributed by atoms with Crippen molar-refractivity contribution < 1.29 is 18.4 Å². The number of H-pyrrole nitrogens is 1. The number of aromatic amines is 1. The number of imidazole rings is 1. The van der Waals surface area contributed by atoms with Crippen LogP contribution < -0.4 is 5.32 Å². The number of nitrogens with zero attached hydrogens (tertiary/aromatic N) is 4. The van der Waals surface area contributed by atoms with E-state index in [1.807, 2.05) is 0 Å². The largest absolute Gasteiger partial charge is 0.352 e. The summed E-state index contributed by atoms with van der Waals surface area (Å²) in [6.45, 7) is 1.71. The summed E-state index contributed by atoms with van der Waals surface area (Å²) in [7, 11) is 1.76. The Kier molecular flexibility index (Phi) is 5.47. The zero-order valence-corrected chi connectivity index (χ0v) is 16.4. The van der Waals surface area contributed by atoms with E-state index in [4.69, 9.17) is 0 Å². The van der Waals surface area contributed by atoms with Crippen LogP contribution >= 0.6 is 0 Å². The van der Waals surface area contributed by atoms with Crippen LogP contribution in [-0.4, -0.2) is 56.1 Å². The molecule has 1 saturated heterocycles. The van der Waals surface area contributed by atoms with Crippen molar-refractivity contribution >= 4 is 22.8 Å². The maximum Gasteiger partial charge on any atom is 0.295 e. The molecule has 1 aliphatic rings. The van der Waals surface area contributed by atoms with E-state index in [0.717, 1.165) is 12.8 Å². The van der Waals surface area contributed by atoms with Crippen molar-refractivity contribution in [2.45, 2.75) is 19.3 Å². The van der Waals surface area contributed by atoms with Crippen LogP contribution in [0.3, 0.4) is 0 Å². The maximum atomic E-state index is 12.8. The van der Waals surface area contributed by atoms with E-state index in [2.05, 4.69) is 20.4 Å². The molecule has 2 aromatic heterocycles. The molecular formula is C20H22F2N6O2. The van der Waals surface area contributed by atoms with Crippen molar-refractivity contribution in [1.82, 2.24) is 30.0 Å². The van der Waals surface area contributed by atoms with Gasteiger partial charge in [0.25, 0.3) is 18.2 Å². The summed E-state index contributed by atoms with van der Waals surface area (Å²) in [4.78, 5) is 33.1. The molecule has 30 heavy (non-hydrogen) atoms. The predicted molar refractivity (Wildman–Crippen MR) is 105 cm³/mol. The molecule has 0 spiro atoms. The Morgan fingerprint density at radius 2 is 2.03 bits per heavy atom. The summed E-state index contributed by atoms with van der Waals surface area (Å²) >= 11 is 0. The highest BCUT2D eigenvalue weighted by atomic mass is 19.3. The topological polar surface area (TPSA) is 95.9 Å². The van der Waals surface area contributed by atoms with E-state index in [1.54, 1.807) is 41.0 Å². The Balaban J connectivity index is 1.31. The fourth-order valence-corrected chi connectivity index (χ4v) is 3.67. The summed E-state index contributed by atoms with van der Waals surface area (Å²) in [5.41, 5.74) is 1.79. The van der Waals surface area contributed by atoms with Gasteiger partial charge in [-0.15, -0.1) is 0 Å². The van der Waals surface area contributed by atoms with Gasteiger partial charge in [0.15, 0.2) is 5.82 Å². The van der Waals surface area contributed by atoms with E-state index in [0.29, 0.717) is 47.7 Å². The van der Waals surface area contributed by atoms with Gasteiger partial charge in [-0.3, -0.25) is 14.3 Å². The number of hydrogen-bond donors (Lipinski definition) is 2. The van der Waals surface area contributed by atoms with E-state index in [1.165, 1.54) is 6.20 Å². The first-order valence-corrected chi connectivity index (χ1v) is 9.74. The van der Waals surface area contributed by atoms with Crippen molar-refractivity contribution in [2.24, 2.45) is 13.0 Å². The second-order valence-corrected chi connectivity index (χ2v) is 7.50. The average molecular weight is 416 g/mol. The lowest BCUT2D eigenvalue weighted by Gasteiger charge is -2.32. The van der Waals surface area contributed by atoms with Gasteiger partial charge in [-0.2, -0.15) is 5.10 Å². The van der Waals surface area contributed by atoms with E-state index >= 15 is 0 Å². The first-order chi connectivity index (χ1) is 14.4. The van der Waals surface area contributed by atoms with Crippen LogP contribution in [0.25, 0.3) is 11.0 Å². The van der Waals surface area contributed by atoms with Gasteiger partial charge in [0.1, 0.15) is 0 Å². The molecule has 8 nitrogen and oxygen atoms in total. The van der Waals surface area contributed by atoms with Gasteiger partial charge in [-0.1, -0.05) is 0 Å². The summed E-state index contributed by atoms with van der Waals surface area (Å²) in [5, 5.41) is 6.91. The normalized spacial score (nSPS) is 15.1. The number of benzene rings is 1. The van der Waals surface area contributed by atoms with Crippen LogP contribution in [0.4, 0.5) is 8.78 Å². The van der Waals surface area contributed by atoms with Gasteiger partial charge in [0, 0.05) is 38.4 Å². The summed E-state index contributed by atoms with van der Waals surface area (Å²) in [6.07, 6.45) is 2.06. The fourth-order valence-electron chi connectivity index (χ4n) is 3.67. The number of carbonyl (C=O) groups excluding carboxylic acids is 2. The van der Waals surface area contributed by atoms with Gasteiger partial charge in [0.05, 0.1) is 22.8 Å². The molecule has 1 fully saturated rings. The zero-order valence-electron chi connectivity index (χ0n) is 16.4. The molecule has 1 aromatic carbocycles. The van der Waals surface area contributed by atoms with Gasteiger partial charge in [-0.25, -0.2) is 13.8 Å². The third-order valence-electron chi connectivity index (χ3n) is 5.37. The first-order valence-electron chi connectivity index (χ1n) is 9.74. The first kappa shape index (κ1) is 20.0. The van der Waals surface area contributed by atoms with Gasteiger partial charge >= 0.3 is 0 Å². The Labute approximate surface area is 171 Å².